The summed E-state index contributed by atoms with van der Waals surface area (Å²) < 4.78 is 0.258. The van der Waals surface area contributed by atoms with E-state index in [0.29, 0.717) is 13.1 Å². The van der Waals surface area contributed by atoms with Crippen LogP contribution in [-0.2, 0) is 11.3 Å². The van der Waals surface area contributed by atoms with Gasteiger partial charge in [0.2, 0.25) is 5.91 Å². The van der Waals surface area contributed by atoms with E-state index in [9.17, 15) is 4.79 Å². The molecule has 0 unspecified atom stereocenters. The molecule has 1 aliphatic rings. The number of guanidine groups is 1. The molecule has 32 heavy (non-hydrogen) atoms. The van der Waals surface area contributed by atoms with Crippen LogP contribution >= 0.6 is 35.7 Å². The molecule has 0 radical (unpaired) electrons. The fraction of sp³-hybridized carbons (Fsp3) is 0.417. The number of carbonyl (C=O) groups excluding carboxylic acids is 1. The highest BCUT2D eigenvalue weighted by Crippen LogP contribution is 2.51. The number of nitrogens with zero attached hydrogens (tertiary/aromatic N) is 2. The number of aliphatic imine (C=N–C) groups is 1. The molecule has 174 valence electrons. The molecule has 0 heterocycles. The molecule has 1 aliphatic carbocycles. The van der Waals surface area contributed by atoms with E-state index in [1.807, 2.05) is 55.0 Å². The number of rotatable bonds is 10. The van der Waals surface area contributed by atoms with Crippen LogP contribution in [0.25, 0.3) is 0 Å². The topological polar surface area (TPSA) is 68.8 Å². The van der Waals surface area contributed by atoms with E-state index in [4.69, 9.17) is 4.99 Å². The molecule has 1 amide bonds. The number of benzene rings is 2. The van der Waals surface area contributed by atoms with Gasteiger partial charge in [-0.25, -0.2) is 4.99 Å². The summed E-state index contributed by atoms with van der Waals surface area (Å²) in [5.41, 5.74) is 1.85. The number of hydrogen-bond donors (Lipinski definition) is 3. The highest BCUT2D eigenvalue weighted by molar-refractivity contribution is 14.0. The zero-order chi connectivity index (χ0) is 22.1. The lowest BCUT2D eigenvalue weighted by Crippen LogP contribution is -2.41. The summed E-state index contributed by atoms with van der Waals surface area (Å²) in [6, 6.07) is 18.5. The maximum atomic E-state index is 12.0. The Kier molecular flexibility index (Phi) is 10.8. The van der Waals surface area contributed by atoms with Crippen LogP contribution in [0.2, 0.25) is 0 Å². The monoisotopic (exact) mass is 567 g/mol. The largest absolute Gasteiger partial charge is 0.357 e. The maximum Gasteiger partial charge on any atom is 0.238 e. The van der Waals surface area contributed by atoms with E-state index in [0.717, 1.165) is 30.3 Å². The van der Waals surface area contributed by atoms with Gasteiger partial charge in [-0.1, -0.05) is 30.3 Å². The van der Waals surface area contributed by atoms with Gasteiger partial charge in [-0.2, -0.15) is 0 Å². The minimum Gasteiger partial charge on any atom is -0.357 e. The summed E-state index contributed by atoms with van der Waals surface area (Å²) in [5, 5.41) is 9.80. The van der Waals surface area contributed by atoms with Crippen molar-refractivity contribution in [3.05, 3.63) is 60.2 Å². The van der Waals surface area contributed by atoms with Crippen molar-refractivity contribution in [1.82, 2.24) is 15.5 Å². The van der Waals surface area contributed by atoms with E-state index in [2.05, 4.69) is 53.2 Å². The molecular weight excluding hydrogens is 533 g/mol. The quantitative estimate of drug-likeness (QED) is 0.228. The standard InChI is InChI=1S/C24H33N5OS.HI/c1-4-25-23(27-18-24(13-14-24)31-21-11-6-5-7-12-21)26-16-19-9-8-10-20(15-19)28-22(30)17-29(2)3;/h5-12,15H,4,13-14,16-18H2,1-3H3,(H,28,30)(H2,25,26,27);1H. The summed E-state index contributed by atoms with van der Waals surface area (Å²) in [6.45, 7) is 4.68. The van der Waals surface area contributed by atoms with Gasteiger partial charge in [-0.3, -0.25) is 4.79 Å². The van der Waals surface area contributed by atoms with Crippen molar-refractivity contribution in [3.8, 4) is 0 Å². The summed E-state index contributed by atoms with van der Waals surface area (Å²) in [4.78, 5) is 19.9. The van der Waals surface area contributed by atoms with Gasteiger partial charge in [0.15, 0.2) is 5.96 Å². The molecule has 0 aromatic heterocycles. The van der Waals surface area contributed by atoms with Gasteiger partial charge in [-0.05, 0) is 63.7 Å². The van der Waals surface area contributed by atoms with Crippen molar-refractivity contribution < 1.29 is 4.79 Å². The van der Waals surface area contributed by atoms with Crippen molar-refractivity contribution in [2.75, 3.05) is 39.0 Å². The molecule has 2 aromatic carbocycles. The lowest BCUT2D eigenvalue weighted by molar-refractivity contribution is -0.116. The predicted octanol–water partition coefficient (Wildman–Crippen LogP) is 4.18. The first-order valence-corrected chi connectivity index (χ1v) is 11.6. The van der Waals surface area contributed by atoms with Crippen LogP contribution in [0.5, 0.6) is 0 Å². The number of amides is 1. The Hall–Kier alpha value is -1.78. The first-order valence-electron chi connectivity index (χ1n) is 10.8. The summed E-state index contributed by atoms with van der Waals surface area (Å²) in [7, 11) is 3.76. The average molecular weight is 568 g/mol. The lowest BCUT2D eigenvalue weighted by atomic mass is 10.2. The van der Waals surface area contributed by atoms with Crippen molar-refractivity contribution in [1.29, 1.82) is 0 Å². The molecule has 8 heteroatoms. The Morgan fingerprint density at radius 2 is 1.84 bits per heavy atom. The van der Waals surface area contributed by atoms with Crippen LogP contribution in [0.1, 0.15) is 25.3 Å². The lowest BCUT2D eigenvalue weighted by Gasteiger charge is -2.18. The number of nitrogens with one attached hydrogen (secondary N) is 3. The van der Waals surface area contributed by atoms with Gasteiger partial charge in [0.1, 0.15) is 0 Å². The van der Waals surface area contributed by atoms with Crippen LogP contribution in [0.4, 0.5) is 5.69 Å². The van der Waals surface area contributed by atoms with Crippen molar-refractivity contribution in [2.45, 2.75) is 36.0 Å². The number of halogens is 1. The highest BCUT2D eigenvalue weighted by atomic mass is 127. The van der Waals surface area contributed by atoms with Gasteiger partial charge in [0.25, 0.3) is 0 Å². The Labute approximate surface area is 213 Å². The molecule has 1 saturated carbocycles. The van der Waals surface area contributed by atoms with E-state index in [1.165, 1.54) is 17.7 Å². The van der Waals surface area contributed by atoms with Gasteiger partial charge in [0, 0.05) is 28.4 Å². The van der Waals surface area contributed by atoms with Crippen LogP contribution in [0, 0.1) is 0 Å². The van der Waals surface area contributed by atoms with Crippen molar-refractivity contribution in [3.63, 3.8) is 0 Å². The number of thioether (sulfide) groups is 1. The van der Waals surface area contributed by atoms with Gasteiger partial charge >= 0.3 is 0 Å². The zero-order valence-corrected chi connectivity index (χ0v) is 22.2. The van der Waals surface area contributed by atoms with E-state index < -0.39 is 0 Å². The maximum absolute atomic E-state index is 12.0. The highest BCUT2D eigenvalue weighted by Gasteiger charge is 2.43. The third kappa shape index (κ3) is 8.99. The molecule has 2 aromatic rings. The van der Waals surface area contributed by atoms with Gasteiger partial charge < -0.3 is 20.9 Å². The molecule has 3 rings (SSSR count). The minimum absolute atomic E-state index is 0. The molecule has 0 spiro atoms. The predicted molar refractivity (Wildman–Crippen MR) is 146 cm³/mol. The molecule has 6 nitrogen and oxygen atoms in total. The minimum atomic E-state index is -0.0219. The van der Waals surface area contributed by atoms with E-state index >= 15 is 0 Å². The fourth-order valence-corrected chi connectivity index (χ4v) is 4.43. The molecule has 0 atom stereocenters. The zero-order valence-electron chi connectivity index (χ0n) is 19.1. The summed E-state index contributed by atoms with van der Waals surface area (Å²) in [6.07, 6.45) is 2.43. The first-order chi connectivity index (χ1) is 15.0. The van der Waals surface area contributed by atoms with Crippen LogP contribution in [0.3, 0.4) is 0 Å². The summed E-state index contributed by atoms with van der Waals surface area (Å²) >= 11 is 1.95. The Bertz CT molecular complexity index is 887. The normalized spacial score (nSPS) is 14.4. The second-order valence-corrected chi connectivity index (χ2v) is 9.67. The summed E-state index contributed by atoms with van der Waals surface area (Å²) in [5.74, 6) is 0.802. The third-order valence-corrected chi connectivity index (χ3v) is 6.39. The third-order valence-electron chi connectivity index (χ3n) is 4.90. The molecule has 1 fully saturated rings. The molecule has 0 aliphatic heterocycles. The van der Waals surface area contributed by atoms with Crippen LogP contribution in [0.15, 0.2) is 64.5 Å². The molecule has 0 saturated heterocycles. The van der Waals surface area contributed by atoms with Crippen LogP contribution in [-0.4, -0.2) is 55.2 Å². The number of carbonyl (C=O) groups is 1. The molecule has 3 N–H and O–H groups in total. The van der Waals surface area contributed by atoms with Crippen molar-refractivity contribution >= 4 is 53.3 Å². The molecule has 0 bridgehead atoms. The molecular formula is C24H34IN5OS. The van der Waals surface area contributed by atoms with E-state index in [1.54, 1.807) is 0 Å². The fourth-order valence-electron chi connectivity index (χ4n) is 3.18. The Balaban J connectivity index is 0.00000363. The van der Waals surface area contributed by atoms with Crippen LogP contribution < -0.4 is 16.0 Å². The van der Waals surface area contributed by atoms with E-state index in [-0.39, 0.29) is 34.6 Å². The average Bonchev–Trinajstić information content (AvgIpc) is 3.50. The smallest absolute Gasteiger partial charge is 0.238 e. The Morgan fingerprint density at radius 3 is 2.50 bits per heavy atom. The number of anilines is 1. The number of hydrogen-bond acceptors (Lipinski definition) is 4. The van der Waals surface area contributed by atoms with Crippen molar-refractivity contribution in [2.24, 2.45) is 4.99 Å². The SMILES string of the molecule is CCNC(=NCc1cccc(NC(=O)CN(C)C)c1)NCC1(Sc2ccccc2)CC1.I. The number of likely N-dealkylation sites (N-methyl/N-ethyl adjacent to an activating group) is 1. The first kappa shape index (κ1) is 26.5. The van der Waals surface area contributed by atoms with Gasteiger partial charge in [-0.15, -0.1) is 35.7 Å². The second-order valence-electron chi connectivity index (χ2n) is 8.13. The second kappa shape index (κ2) is 13.1. The van der Waals surface area contributed by atoms with Gasteiger partial charge in [0.05, 0.1) is 13.1 Å². The Morgan fingerprint density at radius 1 is 1.09 bits per heavy atom.